The van der Waals surface area contributed by atoms with Gasteiger partial charge >= 0.3 is 0 Å². The average Bonchev–Trinajstić information content (AvgIpc) is 4.12. The quantitative estimate of drug-likeness (QED) is 0.144. The van der Waals surface area contributed by atoms with Gasteiger partial charge in [-0.05, 0) is 114 Å². The molecule has 0 aliphatic rings. The first kappa shape index (κ1) is 38.3. The maximum absolute atomic E-state index is 6.62. The molecule has 6 heteroatoms. The molecule has 0 N–H and O–H groups in total. The van der Waals surface area contributed by atoms with Gasteiger partial charge < -0.3 is 23.1 Å². The predicted molar refractivity (Wildman–Crippen MR) is 274 cm³/mol. The molecule has 0 saturated carbocycles. The molecule has 10 aromatic carbocycles. The molecule has 0 unspecified atom stereocenters. The lowest BCUT2D eigenvalue weighted by molar-refractivity contribution is 0.620. The smallest absolute Gasteiger partial charge is 0.227 e. The van der Waals surface area contributed by atoms with Crippen molar-refractivity contribution < 1.29 is 13.3 Å². The summed E-state index contributed by atoms with van der Waals surface area (Å²) in [6, 6.07) is 81.9. The van der Waals surface area contributed by atoms with Crippen molar-refractivity contribution in [3.05, 3.63) is 237 Å². The number of nitrogens with zero attached hydrogens (tertiary/aromatic N) is 3. The number of furan rings is 2. The van der Waals surface area contributed by atoms with Crippen molar-refractivity contribution >= 4 is 89.1 Å². The van der Waals surface area contributed by atoms with Crippen LogP contribution in [0.5, 0.6) is 0 Å². The predicted octanol–water partition coefficient (Wildman–Crippen LogP) is 17.6. The first-order chi connectivity index (χ1) is 33.2. The highest BCUT2D eigenvalue weighted by Crippen LogP contribution is 2.45. The van der Waals surface area contributed by atoms with Crippen molar-refractivity contribution in [3.8, 4) is 33.7 Å². The van der Waals surface area contributed by atoms with Crippen LogP contribution in [0.1, 0.15) is 0 Å². The average molecular weight is 862 g/mol. The molecule has 13 rings (SSSR count). The normalized spacial score (nSPS) is 11.6. The summed E-state index contributed by atoms with van der Waals surface area (Å²) in [7, 11) is 0. The zero-order valence-electron chi connectivity index (χ0n) is 36.1. The number of fused-ring (bicyclic) bond motifs is 7. The first-order valence-corrected chi connectivity index (χ1v) is 22.4. The highest BCUT2D eigenvalue weighted by atomic mass is 16.3. The van der Waals surface area contributed by atoms with E-state index in [1.54, 1.807) is 0 Å². The maximum Gasteiger partial charge on any atom is 0.227 e. The highest BCUT2D eigenvalue weighted by molar-refractivity contribution is 6.11. The van der Waals surface area contributed by atoms with Gasteiger partial charge in [0.25, 0.3) is 0 Å². The summed E-state index contributed by atoms with van der Waals surface area (Å²) in [5, 5.41) is 4.35. The summed E-state index contributed by atoms with van der Waals surface area (Å²) >= 11 is 0. The lowest BCUT2D eigenvalue weighted by Gasteiger charge is -2.26. The Bertz CT molecular complexity index is 3910. The minimum Gasteiger partial charge on any atom is -0.454 e. The SMILES string of the molecule is c1ccc(-c2nc3c(-c4ccc(N(c5ccccc5)c5cccc6c5oc5ccccc56)cc4)cc(-c4ccc(N(c5ccccc5)c5cccc6c5oc5ccccc56)cc4)cc3o2)cc1. The lowest BCUT2D eigenvalue weighted by atomic mass is 9.97. The third-order valence-electron chi connectivity index (χ3n) is 12.7. The van der Waals surface area contributed by atoms with Gasteiger partial charge in [0.15, 0.2) is 16.7 Å². The topological polar surface area (TPSA) is 58.8 Å². The monoisotopic (exact) mass is 861 g/mol. The van der Waals surface area contributed by atoms with Crippen LogP contribution in [0.15, 0.2) is 250 Å². The van der Waals surface area contributed by atoms with Crippen molar-refractivity contribution in [1.82, 2.24) is 4.98 Å². The van der Waals surface area contributed by atoms with Crippen molar-refractivity contribution in [2.75, 3.05) is 9.80 Å². The van der Waals surface area contributed by atoms with Crippen LogP contribution in [-0.2, 0) is 0 Å². The number of para-hydroxylation sites is 6. The largest absolute Gasteiger partial charge is 0.454 e. The van der Waals surface area contributed by atoms with Gasteiger partial charge in [-0.2, -0.15) is 0 Å². The number of rotatable bonds is 9. The second-order valence-electron chi connectivity index (χ2n) is 16.7. The molecule has 0 atom stereocenters. The Morgan fingerprint density at radius 3 is 1.28 bits per heavy atom. The molecule has 0 spiro atoms. The van der Waals surface area contributed by atoms with Crippen LogP contribution in [0, 0.1) is 0 Å². The molecule has 0 saturated heterocycles. The Balaban J connectivity index is 0.924. The fourth-order valence-electron chi connectivity index (χ4n) is 9.54. The minimum absolute atomic E-state index is 0.577. The third-order valence-corrected chi connectivity index (χ3v) is 12.7. The molecule has 316 valence electrons. The molecule has 6 nitrogen and oxygen atoms in total. The Kier molecular flexibility index (Phi) is 9.06. The van der Waals surface area contributed by atoms with Crippen molar-refractivity contribution in [1.29, 1.82) is 0 Å². The van der Waals surface area contributed by atoms with Crippen molar-refractivity contribution in [2.45, 2.75) is 0 Å². The number of anilines is 6. The van der Waals surface area contributed by atoms with Gasteiger partial charge in [-0.1, -0.05) is 140 Å². The van der Waals surface area contributed by atoms with Crippen molar-refractivity contribution in [3.63, 3.8) is 0 Å². The van der Waals surface area contributed by atoms with E-state index in [4.69, 9.17) is 18.2 Å². The third kappa shape index (κ3) is 6.62. The number of benzene rings is 10. The van der Waals surface area contributed by atoms with Gasteiger partial charge in [0, 0.05) is 55.4 Å². The van der Waals surface area contributed by atoms with E-state index in [-0.39, 0.29) is 0 Å². The molecule has 0 fully saturated rings. The van der Waals surface area contributed by atoms with Crippen LogP contribution in [0.4, 0.5) is 34.1 Å². The van der Waals surface area contributed by atoms with E-state index >= 15 is 0 Å². The molecule has 0 aliphatic heterocycles. The summed E-state index contributed by atoms with van der Waals surface area (Å²) in [6.45, 7) is 0. The number of aromatic nitrogens is 1. The Morgan fingerprint density at radius 1 is 0.299 bits per heavy atom. The summed E-state index contributed by atoms with van der Waals surface area (Å²) < 4.78 is 19.7. The van der Waals surface area contributed by atoms with Gasteiger partial charge in [-0.25, -0.2) is 4.98 Å². The van der Waals surface area contributed by atoms with Gasteiger partial charge in [0.1, 0.15) is 16.7 Å². The summed E-state index contributed by atoms with van der Waals surface area (Å²) in [4.78, 5) is 9.67. The van der Waals surface area contributed by atoms with E-state index in [9.17, 15) is 0 Å². The Morgan fingerprint density at radius 2 is 0.746 bits per heavy atom. The molecule has 3 aromatic heterocycles. The molecule has 0 radical (unpaired) electrons. The summed E-state index contributed by atoms with van der Waals surface area (Å²) in [5.41, 5.74) is 15.9. The van der Waals surface area contributed by atoms with E-state index < -0.39 is 0 Å². The summed E-state index contributed by atoms with van der Waals surface area (Å²) in [5.74, 6) is 0.577. The van der Waals surface area contributed by atoms with Crippen LogP contribution in [0.25, 0.3) is 88.7 Å². The molecule has 3 heterocycles. The Hall–Kier alpha value is -9.13. The number of hydrogen-bond acceptors (Lipinski definition) is 6. The second-order valence-corrected chi connectivity index (χ2v) is 16.7. The molecule has 13 aromatic rings. The molecule has 0 amide bonds. The fraction of sp³-hybridized carbons (Fsp3) is 0. The molecule has 67 heavy (non-hydrogen) atoms. The van der Waals surface area contributed by atoms with Crippen LogP contribution < -0.4 is 9.80 Å². The van der Waals surface area contributed by atoms with E-state index in [0.717, 1.165) is 111 Å². The standard InChI is InChI=1S/C61H39N3O3/c1-4-16-42(17-5-1)61-62-58-52(41-32-36-47(37-33-41)64(45-20-8-3-9-21-45)54-27-15-25-51-49-23-11-13-29-56(49)66-60(51)54)38-43(39-57(58)67-61)40-30-34-46(35-31-40)63(44-18-6-2-7-19-44)53-26-14-24-50-48-22-10-12-28-55(48)65-59(50)53/h1-39H. The highest BCUT2D eigenvalue weighted by Gasteiger charge is 2.22. The molecular weight excluding hydrogens is 823 g/mol. The second kappa shape index (κ2) is 15.8. The fourth-order valence-corrected chi connectivity index (χ4v) is 9.54. The summed E-state index contributed by atoms with van der Waals surface area (Å²) in [6.07, 6.45) is 0. The molecule has 0 aliphatic carbocycles. The van der Waals surface area contributed by atoms with Gasteiger partial charge in [0.2, 0.25) is 5.89 Å². The number of oxazole rings is 1. The van der Waals surface area contributed by atoms with E-state index in [1.807, 2.05) is 66.7 Å². The van der Waals surface area contributed by atoms with E-state index in [1.165, 1.54) is 0 Å². The first-order valence-electron chi connectivity index (χ1n) is 22.4. The van der Waals surface area contributed by atoms with E-state index in [2.05, 4.69) is 180 Å². The zero-order chi connectivity index (χ0) is 44.3. The van der Waals surface area contributed by atoms with Crippen LogP contribution in [-0.4, -0.2) is 4.98 Å². The van der Waals surface area contributed by atoms with Crippen molar-refractivity contribution in [2.24, 2.45) is 0 Å². The number of hydrogen-bond donors (Lipinski definition) is 0. The van der Waals surface area contributed by atoms with Gasteiger partial charge in [-0.15, -0.1) is 0 Å². The molecular formula is C61H39N3O3. The van der Waals surface area contributed by atoms with Crippen LogP contribution >= 0.6 is 0 Å². The van der Waals surface area contributed by atoms with Crippen LogP contribution in [0.3, 0.4) is 0 Å². The maximum atomic E-state index is 6.62. The van der Waals surface area contributed by atoms with Gasteiger partial charge in [-0.3, -0.25) is 0 Å². The minimum atomic E-state index is 0.577. The lowest BCUT2D eigenvalue weighted by Crippen LogP contribution is -2.10. The van der Waals surface area contributed by atoms with Gasteiger partial charge in [0.05, 0.1) is 11.4 Å². The molecule has 0 bridgehead atoms. The Labute approximate surface area is 385 Å². The van der Waals surface area contributed by atoms with Crippen LogP contribution in [0.2, 0.25) is 0 Å². The van der Waals surface area contributed by atoms with E-state index in [0.29, 0.717) is 11.5 Å². The zero-order valence-corrected chi connectivity index (χ0v) is 36.1.